The molecule has 2 rings (SSSR count). The molecular formula is C22H29ClN2O3S. The highest BCUT2D eigenvalue weighted by molar-refractivity contribution is 7.92. The van der Waals surface area contributed by atoms with E-state index in [4.69, 9.17) is 11.6 Å². The van der Waals surface area contributed by atoms with E-state index in [1.54, 1.807) is 25.1 Å². The Kier molecular flexibility index (Phi) is 8.11. The van der Waals surface area contributed by atoms with Gasteiger partial charge in [-0.3, -0.25) is 9.10 Å². The molecule has 0 aliphatic heterocycles. The van der Waals surface area contributed by atoms with Gasteiger partial charge in [0.2, 0.25) is 15.9 Å². The van der Waals surface area contributed by atoms with Crippen LogP contribution in [0.2, 0.25) is 5.02 Å². The zero-order valence-electron chi connectivity index (χ0n) is 17.4. The zero-order chi connectivity index (χ0) is 21.6. The predicted molar refractivity (Wildman–Crippen MR) is 120 cm³/mol. The van der Waals surface area contributed by atoms with Crippen molar-refractivity contribution in [3.63, 3.8) is 0 Å². The molecule has 0 saturated heterocycles. The average Bonchev–Trinajstić information content (AvgIpc) is 2.66. The second-order valence-electron chi connectivity index (χ2n) is 7.21. The zero-order valence-corrected chi connectivity index (χ0v) is 19.0. The number of nitrogens with one attached hydrogen (secondary N) is 1. The minimum atomic E-state index is -3.49. The highest BCUT2D eigenvalue weighted by Gasteiger charge is 2.21. The quantitative estimate of drug-likeness (QED) is 0.615. The highest BCUT2D eigenvalue weighted by Crippen LogP contribution is 2.28. The Morgan fingerprint density at radius 2 is 1.83 bits per heavy atom. The molecule has 2 aromatic rings. The molecule has 0 saturated carbocycles. The molecule has 0 aromatic heterocycles. The lowest BCUT2D eigenvalue weighted by atomic mass is 9.99. The largest absolute Gasteiger partial charge is 0.349 e. The number of halogens is 1. The third-order valence-corrected chi connectivity index (χ3v) is 6.57. The van der Waals surface area contributed by atoms with Crippen molar-refractivity contribution in [2.75, 3.05) is 17.1 Å². The Balaban J connectivity index is 2.03. The molecule has 5 nitrogen and oxygen atoms in total. The van der Waals surface area contributed by atoms with E-state index in [9.17, 15) is 13.2 Å². The molecule has 158 valence electrons. The van der Waals surface area contributed by atoms with Gasteiger partial charge in [0.15, 0.2) is 0 Å². The number of carbonyl (C=O) groups is 1. The Morgan fingerprint density at radius 3 is 2.45 bits per heavy atom. The first-order chi connectivity index (χ1) is 13.6. The molecule has 0 unspecified atom stereocenters. The number of amides is 1. The summed E-state index contributed by atoms with van der Waals surface area (Å²) in [5, 5.41) is 3.58. The number of anilines is 1. The van der Waals surface area contributed by atoms with E-state index < -0.39 is 10.0 Å². The fourth-order valence-electron chi connectivity index (χ4n) is 3.36. The Morgan fingerprint density at radius 1 is 1.14 bits per heavy atom. The summed E-state index contributed by atoms with van der Waals surface area (Å²) in [6.07, 6.45) is 2.61. The third-order valence-electron chi connectivity index (χ3n) is 4.98. The van der Waals surface area contributed by atoms with Crippen LogP contribution in [0.3, 0.4) is 0 Å². The van der Waals surface area contributed by atoms with E-state index in [2.05, 4.69) is 5.32 Å². The number of aryl methyl sites for hydroxylation is 1. The molecule has 7 heteroatoms. The molecule has 0 radical (unpaired) electrons. The van der Waals surface area contributed by atoms with Gasteiger partial charge >= 0.3 is 0 Å². The number of sulfonamides is 1. The van der Waals surface area contributed by atoms with Crippen LogP contribution in [-0.2, 0) is 14.8 Å². The average molecular weight is 437 g/mol. The van der Waals surface area contributed by atoms with E-state index in [1.165, 1.54) is 10.6 Å². The van der Waals surface area contributed by atoms with Crippen LogP contribution in [0.1, 0.15) is 48.9 Å². The third kappa shape index (κ3) is 6.21. The molecular weight excluding hydrogens is 408 g/mol. The maximum Gasteiger partial charge on any atom is 0.232 e. The first-order valence-electron chi connectivity index (χ1n) is 9.72. The maximum absolute atomic E-state index is 12.5. The smallest absolute Gasteiger partial charge is 0.232 e. The normalized spacial score (nSPS) is 12.4. The Labute approximate surface area is 179 Å². The van der Waals surface area contributed by atoms with E-state index in [0.29, 0.717) is 22.7 Å². The van der Waals surface area contributed by atoms with Gasteiger partial charge in [0.1, 0.15) is 0 Å². The van der Waals surface area contributed by atoms with Crippen molar-refractivity contribution in [2.24, 2.45) is 0 Å². The molecule has 29 heavy (non-hydrogen) atoms. The predicted octanol–water partition coefficient (Wildman–Crippen LogP) is 4.77. The summed E-state index contributed by atoms with van der Waals surface area (Å²) in [7, 11) is -3.49. The van der Waals surface area contributed by atoms with Crippen molar-refractivity contribution in [1.29, 1.82) is 0 Å². The highest BCUT2D eigenvalue weighted by atomic mass is 35.5. The summed E-state index contributed by atoms with van der Waals surface area (Å²) < 4.78 is 25.9. The van der Waals surface area contributed by atoms with E-state index in [0.717, 1.165) is 17.5 Å². The van der Waals surface area contributed by atoms with Gasteiger partial charge in [-0.15, -0.1) is 0 Å². The van der Waals surface area contributed by atoms with Crippen LogP contribution in [0.5, 0.6) is 0 Å². The number of carbonyl (C=O) groups excluding carboxylic acids is 1. The van der Waals surface area contributed by atoms with E-state index >= 15 is 0 Å². The van der Waals surface area contributed by atoms with Gasteiger partial charge in [-0.1, -0.05) is 48.9 Å². The molecule has 1 atom stereocenters. The van der Waals surface area contributed by atoms with Crippen molar-refractivity contribution >= 4 is 33.2 Å². The SMILES string of the molecule is CC[C@@H](NC(=O)CCCN(c1cccc(Cl)c1C)S(C)(=O)=O)c1ccccc1C. The van der Waals surface area contributed by atoms with Gasteiger partial charge in [0.25, 0.3) is 0 Å². The second-order valence-corrected chi connectivity index (χ2v) is 9.52. The van der Waals surface area contributed by atoms with Crippen LogP contribution in [0.15, 0.2) is 42.5 Å². The molecule has 0 aliphatic carbocycles. The van der Waals surface area contributed by atoms with Crippen LogP contribution in [-0.4, -0.2) is 27.1 Å². The molecule has 2 aromatic carbocycles. The van der Waals surface area contributed by atoms with Gasteiger partial charge in [0.05, 0.1) is 18.0 Å². The molecule has 0 bridgehead atoms. The van der Waals surface area contributed by atoms with Gasteiger partial charge < -0.3 is 5.32 Å². The topological polar surface area (TPSA) is 66.5 Å². The maximum atomic E-state index is 12.5. The lowest BCUT2D eigenvalue weighted by Crippen LogP contribution is -2.33. The summed E-state index contributed by atoms with van der Waals surface area (Å²) >= 11 is 6.15. The number of rotatable bonds is 9. The van der Waals surface area contributed by atoms with Crippen LogP contribution in [0, 0.1) is 13.8 Å². The van der Waals surface area contributed by atoms with Crippen molar-refractivity contribution in [3.8, 4) is 0 Å². The number of hydrogen-bond donors (Lipinski definition) is 1. The summed E-state index contributed by atoms with van der Waals surface area (Å²) in [6, 6.07) is 13.1. The van der Waals surface area contributed by atoms with Gasteiger partial charge in [-0.25, -0.2) is 8.42 Å². The summed E-state index contributed by atoms with van der Waals surface area (Å²) in [5.74, 6) is -0.0867. The second kappa shape index (κ2) is 10.1. The lowest BCUT2D eigenvalue weighted by Gasteiger charge is -2.25. The molecule has 1 amide bonds. The van der Waals surface area contributed by atoms with Crippen molar-refractivity contribution in [1.82, 2.24) is 5.32 Å². The molecule has 1 N–H and O–H groups in total. The number of benzene rings is 2. The summed E-state index contributed by atoms with van der Waals surface area (Å²) in [5.41, 5.74) is 3.50. The fraction of sp³-hybridized carbons (Fsp3) is 0.409. The van der Waals surface area contributed by atoms with Crippen molar-refractivity contribution < 1.29 is 13.2 Å². The van der Waals surface area contributed by atoms with Crippen LogP contribution in [0.25, 0.3) is 0 Å². The summed E-state index contributed by atoms with van der Waals surface area (Å²) in [6.45, 7) is 6.07. The van der Waals surface area contributed by atoms with Gasteiger partial charge in [-0.05, 0) is 55.5 Å². The molecule has 0 heterocycles. The number of nitrogens with zero attached hydrogens (tertiary/aromatic N) is 1. The van der Waals surface area contributed by atoms with Gasteiger partial charge in [0, 0.05) is 18.0 Å². The fourth-order valence-corrected chi connectivity index (χ4v) is 4.54. The molecule has 0 spiro atoms. The standard InChI is InChI=1S/C22H29ClN2O3S/c1-5-20(18-11-7-6-10-16(18)2)24-22(26)14-9-15-25(29(4,27)28)21-13-8-12-19(23)17(21)3/h6-8,10-13,20H,5,9,14-15H2,1-4H3,(H,24,26)/t20-/m1/s1. The van der Waals surface area contributed by atoms with Crippen molar-refractivity contribution in [3.05, 3.63) is 64.2 Å². The minimum absolute atomic E-state index is 0.0510. The van der Waals surface area contributed by atoms with E-state index in [1.807, 2.05) is 38.1 Å². The van der Waals surface area contributed by atoms with E-state index in [-0.39, 0.29) is 24.9 Å². The van der Waals surface area contributed by atoms with Crippen LogP contribution in [0.4, 0.5) is 5.69 Å². The molecule has 0 fully saturated rings. The van der Waals surface area contributed by atoms with Crippen LogP contribution < -0.4 is 9.62 Å². The molecule has 0 aliphatic rings. The Bertz CT molecular complexity index is 960. The van der Waals surface area contributed by atoms with Crippen molar-refractivity contribution in [2.45, 2.75) is 46.1 Å². The monoisotopic (exact) mass is 436 g/mol. The number of hydrogen-bond acceptors (Lipinski definition) is 3. The van der Waals surface area contributed by atoms with Crippen LogP contribution >= 0.6 is 11.6 Å². The first-order valence-corrected chi connectivity index (χ1v) is 12.0. The lowest BCUT2D eigenvalue weighted by molar-refractivity contribution is -0.121. The minimum Gasteiger partial charge on any atom is -0.349 e. The first kappa shape index (κ1) is 23.2. The Hall–Kier alpha value is -2.05. The summed E-state index contributed by atoms with van der Waals surface area (Å²) in [4.78, 5) is 12.5. The van der Waals surface area contributed by atoms with Gasteiger partial charge in [-0.2, -0.15) is 0 Å².